The molecule has 0 unspecified atom stereocenters. The van der Waals surface area contributed by atoms with Crippen LogP contribution in [0.1, 0.15) is 44.1 Å². The van der Waals surface area contributed by atoms with Gasteiger partial charge in [-0.25, -0.2) is 13.1 Å². The summed E-state index contributed by atoms with van der Waals surface area (Å²) in [6, 6.07) is 0.975. The molecule has 1 saturated heterocycles. The molecule has 1 atom stereocenters. The van der Waals surface area contributed by atoms with Crippen molar-refractivity contribution in [3.05, 3.63) is 17.6 Å². The lowest BCUT2D eigenvalue weighted by molar-refractivity contribution is -0.124. The SMILES string of the molecule is Cc1cc(S(=O)(=O)NC(=O)[C@H](C)N2CCCCCC2)c(C)o1. The summed E-state index contributed by atoms with van der Waals surface area (Å²) in [4.78, 5) is 14.4. The van der Waals surface area contributed by atoms with Crippen molar-refractivity contribution in [2.45, 2.75) is 57.4 Å². The lowest BCUT2D eigenvalue weighted by Crippen LogP contribution is -2.47. The number of sulfonamides is 1. The van der Waals surface area contributed by atoms with Crippen molar-refractivity contribution in [1.29, 1.82) is 0 Å². The second-order valence-corrected chi connectivity index (χ2v) is 7.52. The highest BCUT2D eigenvalue weighted by Crippen LogP contribution is 2.19. The second-order valence-electron chi connectivity index (χ2n) is 5.87. The molecule has 1 fully saturated rings. The van der Waals surface area contributed by atoms with Crippen molar-refractivity contribution in [1.82, 2.24) is 9.62 Å². The van der Waals surface area contributed by atoms with E-state index in [0.717, 1.165) is 38.8 Å². The van der Waals surface area contributed by atoms with E-state index >= 15 is 0 Å². The van der Waals surface area contributed by atoms with E-state index in [1.54, 1.807) is 20.8 Å². The fourth-order valence-corrected chi connectivity index (χ4v) is 4.08. The second kappa shape index (κ2) is 6.83. The minimum atomic E-state index is -3.88. The maximum Gasteiger partial charge on any atom is 0.267 e. The summed E-state index contributed by atoms with van der Waals surface area (Å²) in [5.74, 6) is 0.311. The third kappa shape index (κ3) is 3.89. The molecule has 0 bridgehead atoms. The Labute approximate surface area is 131 Å². The van der Waals surface area contributed by atoms with Crippen molar-refractivity contribution in [2.75, 3.05) is 13.1 Å². The third-order valence-corrected chi connectivity index (χ3v) is 5.54. The minimum absolute atomic E-state index is 0.0291. The summed E-state index contributed by atoms with van der Waals surface area (Å²) < 4.78 is 32.1. The number of rotatable bonds is 4. The molecule has 2 heterocycles. The van der Waals surface area contributed by atoms with Crippen LogP contribution in [0.25, 0.3) is 0 Å². The van der Waals surface area contributed by atoms with E-state index in [0.29, 0.717) is 11.5 Å². The van der Waals surface area contributed by atoms with Crippen LogP contribution in [-0.4, -0.2) is 38.4 Å². The molecule has 1 aliphatic heterocycles. The van der Waals surface area contributed by atoms with Gasteiger partial charge in [0.2, 0.25) is 0 Å². The maximum absolute atomic E-state index is 12.3. The molecule has 1 aromatic heterocycles. The van der Waals surface area contributed by atoms with Gasteiger partial charge in [-0.1, -0.05) is 12.8 Å². The molecular formula is C15H24N2O4S. The number of amides is 1. The van der Waals surface area contributed by atoms with Crippen LogP contribution in [0.5, 0.6) is 0 Å². The normalized spacial score (nSPS) is 18.7. The number of nitrogens with one attached hydrogen (secondary N) is 1. The van der Waals surface area contributed by atoms with Gasteiger partial charge in [0.25, 0.3) is 15.9 Å². The van der Waals surface area contributed by atoms with Gasteiger partial charge >= 0.3 is 0 Å². The van der Waals surface area contributed by atoms with Crippen LogP contribution < -0.4 is 4.72 Å². The summed E-state index contributed by atoms with van der Waals surface area (Å²) in [5, 5.41) is 0. The summed E-state index contributed by atoms with van der Waals surface area (Å²) in [6.07, 6.45) is 4.42. The quantitative estimate of drug-likeness (QED) is 0.914. The fraction of sp³-hybridized carbons (Fsp3) is 0.667. The molecule has 22 heavy (non-hydrogen) atoms. The van der Waals surface area contributed by atoms with E-state index in [1.807, 2.05) is 4.90 Å². The summed E-state index contributed by atoms with van der Waals surface area (Å²) in [6.45, 7) is 6.67. The Hall–Kier alpha value is -1.34. The monoisotopic (exact) mass is 328 g/mol. The van der Waals surface area contributed by atoms with Crippen molar-refractivity contribution in [3.8, 4) is 0 Å². The van der Waals surface area contributed by atoms with Crippen LogP contribution in [0.3, 0.4) is 0 Å². The predicted molar refractivity (Wildman–Crippen MR) is 83.0 cm³/mol. The third-order valence-electron chi connectivity index (χ3n) is 4.09. The van der Waals surface area contributed by atoms with Crippen LogP contribution in [0.15, 0.2) is 15.4 Å². The topological polar surface area (TPSA) is 79.6 Å². The first-order valence-corrected chi connectivity index (χ1v) is 9.17. The Bertz CT molecular complexity index is 628. The van der Waals surface area contributed by atoms with Gasteiger partial charge in [-0.2, -0.15) is 0 Å². The zero-order valence-electron chi connectivity index (χ0n) is 13.4. The molecule has 1 aliphatic rings. The molecule has 6 nitrogen and oxygen atoms in total. The number of furan rings is 1. The standard InChI is InChI=1S/C15H24N2O4S/c1-11-10-14(13(3)21-11)22(19,20)16-15(18)12(2)17-8-6-4-5-7-9-17/h10,12H,4-9H2,1-3H3,(H,16,18)/t12-/m0/s1. The summed E-state index contributed by atoms with van der Waals surface area (Å²) in [5.41, 5.74) is 0. The Morgan fingerprint density at radius 1 is 1.23 bits per heavy atom. The lowest BCUT2D eigenvalue weighted by atomic mass is 10.2. The van der Waals surface area contributed by atoms with Gasteiger partial charge in [-0.15, -0.1) is 0 Å². The van der Waals surface area contributed by atoms with Crippen LogP contribution >= 0.6 is 0 Å². The van der Waals surface area contributed by atoms with Gasteiger partial charge < -0.3 is 4.42 Å². The van der Waals surface area contributed by atoms with Crippen molar-refractivity contribution in [3.63, 3.8) is 0 Å². The highest BCUT2D eigenvalue weighted by Gasteiger charge is 2.28. The highest BCUT2D eigenvalue weighted by atomic mass is 32.2. The average molecular weight is 328 g/mol. The van der Waals surface area contributed by atoms with Gasteiger partial charge in [-0.3, -0.25) is 9.69 Å². The smallest absolute Gasteiger partial charge is 0.267 e. The number of likely N-dealkylation sites (tertiary alicyclic amines) is 1. The molecule has 1 N–H and O–H groups in total. The van der Waals surface area contributed by atoms with Crippen LogP contribution in [-0.2, 0) is 14.8 Å². The van der Waals surface area contributed by atoms with Crippen LogP contribution in [0.2, 0.25) is 0 Å². The lowest BCUT2D eigenvalue weighted by Gasteiger charge is -2.26. The number of hydrogen-bond acceptors (Lipinski definition) is 5. The molecule has 0 aliphatic carbocycles. The molecule has 1 amide bonds. The molecule has 0 saturated carbocycles. The van der Waals surface area contributed by atoms with Crippen LogP contribution in [0, 0.1) is 13.8 Å². The highest BCUT2D eigenvalue weighted by molar-refractivity contribution is 7.90. The molecule has 0 aromatic carbocycles. The maximum atomic E-state index is 12.3. The van der Waals surface area contributed by atoms with Gasteiger partial charge in [0.1, 0.15) is 16.4 Å². The molecule has 7 heteroatoms. The fourth-order valence-electron chi connectivity index (χ4n) is 2.80. The Morgan fingerprint density at radius 3 is 2.32 bits per heavy atom. The van der Waals surface area contributed by atoms with E-state index in [4.69, 9.17) is 4.42 Å². The first-order chi connectivity index (χ1) is 10.3. The van der Waals surface area contributed by atoms with Gasteiger partial charge in [0.05, 0.1) is 6.04 Å². The van der Waals surface area contributed by atoms with Crippen molar-refractivity contribution < 1.29 is 17.6 Å². The van der Waals surface area contributed by atoms with E-state index in [2.05, 4.69) is 4.72 Å². The zero-order chi connectivity index (χ0) is 16.3. The average Bonchev–Trinajstić information content (AvgIpc) is 2.67. The summed E-state index contributed by atoms with van der Waals surface area (Å²) >= 11 is 0. The van der Waals surface area contributed by atoms with Crippen molar-refractivity contribution >= 4 is 15.9 Å². The number of carbonyl (C=O) groups is 1. The van der Waals surface area contributed by atoms with Crippen LogP contribution in [0.4, 0.5) is 0 Å². The van der Waals surface area contributed by atoms with Gasteiger partial charge in [-0.05, 0) is 46.7 Å². The number of nitrogens with zero attached hydrogens (tertiary/aromatic N) is 1. The summed E-state index contributed by atoms with van der Waals surface area (Å²) in [7, 11) is -3.88. The Morgan fingerprint density at radius 2 is 1.82 bits per heavy atom. The molecule has 124 valence electrons. The first kappa shape index (κ1) is 17.0. The number of hydrogen-bond donors (Lipinski definition) is 1. The minimum Gasteiger partial charge on any atom is -0.465 e. The molecule has 2 rings (SSSR count). The first-order valence-electron chi connectivity index (χ1n) is 7.69. The number of carbonyl (C=O) groups excluding carboxylic acids is 1. The Balaban J connectivity index is 2.08. The Kier molecular flexibility index (Phi) is 5.28. The zero-order valence-corrected chi connectivity index (χ0v) is 14.2. The molecule has 0 radical (unpaired) electrons. The number of aryl methyl sites for hydroxylation is 2. The van der Waals surface area contributed by atoms with Gasteiger partial charge in [0.15, 0.2) is 0 Å². The molecule has 0 spiro atoms. The molecular weight excluding hydrogens is 304 g/mol. The molecule has 1 aromatic rings. The van der Waals surface area contributed by atoms with E-state index < -0.39 is 22.0 Å². The predicted octanol–water partition coefficient (Wildman–Crippen LogP) is 1.97. The van der Waals surface area contributed by atoms with Crippen molar-refractivity contribution in [2.24, 2.45) is 0 Å². The van der Waals surface area contributed by atoms with E-state index in [-0.39, 0.29) is 4.90 Å². The largest absolute Gasteiger partial charge is 0.465 e. The van der Waals surface area contributed by atoms with Gasteiger partial charge in [0, 0.05) is 6.07 Å². The van der Waals surface area contributed by atoms with E-state index in [9.17, 15) is 13.2 Å². The van der Waals surface area contributed by atoms with E-state index in [1.165, 1.54) is 6.07 Å².